The van der Waals surface area contributed by atoms with Gasteiger partial charge in [-0.15, -0.1) is 0 Å². The third-order valence-corrected chi connectivity index (χ3v) is 3.38. The number of halogens is 3. The lowest BCUT2D eigenvalue weighted by molar-refractivity contribution is -0.192. The highest BCUT2D eigenvalue weighted by atomic mass is 32.1. The van der Waals surface area contributed by atoms with E-state index in [9.17, 15) is 18.0 Å². The van der Waals surface area contributed by atoms with Crippen molar-refractivity contribution in [3.8, 4) is 0 Å². The van der Waals surface area contributed by atoms with Gasteiger partial charge in [-0.25, -0.2) is 9.78 Å². The molecule has 1 unspecified atom stereocenters. The van der Waals surface area contributed by atoms with Crippen LogP contribution < -0.4 is 5.32 Å². The van der Waals surface area contributed by atoms with E-state index in [0.717, 1.165) is 24.4 Å². The molecule has 1 fully saturated rings. The number of aromatic nitrogens is 2. The van der Waals surface area contributed by atoms with Gasteiger partial charge in [-0.1, -0.05) is 0 Å². The Balaban J connectivity index is 2.20. The summed E-state index contributed by atoms with van der Waals surface area (Å²) in [6.07, 6.45) is -3.08. The van der Waals surface area contributed by atoms with Crippen molar-refractivity contribution in [3.05, 3.63) is 5.82 Å². The number of hydrogen-bond donors (Lipinski definition) is 2. The van der Waals surface area contributed by atoms with Crippen LogP contribution in [-0.4, -0.2) is 32.1 Å². The maximum absolute atomic E-state index is 12.7. The molecule has 1 aromatic heterocycles. The summed E-state index contributed by atoms with van der Waals surface area (Å²) in [5.74, 6) is -1.31. The van der Waals surface area contributed by atoms with Gasteiger partial charge in [0, 0.05) is 17.5 Å². The fourth-order valence-corrected chi connectivity index (χ4v) is 2.01. The van der Waals surface area contributed by atoms with E-state index in [4.69, 9.17) is 5.11 Å². The van der Waals surface area contributed by atoms with Gasteiger partial charge in [-0.2, -0.15) is 17.5 Å². The number of anilines is 1. The van der Waals surface area contributed by atoms with Crippen molar-refractivity contribution in [3.63, 3.8) is 0 Å². The third-order valence-electron chi connectivity index (χ3n) is 2.74. The first-order valence-corrected chi connectivity index (χ1v) is 5.93. The van der Waals surface area contributed by atoms with E-state index in [1.807, 2.05) is 5.32 Å². The Bertz CT molecular complexity index is 472. The molecule has 18 heavy (non-hydrogen) atoms. The normalized spacial score (nSPS) is 19.3. The Morgan fingerprint density at radius 2 is 2.11 bits per heavy atom. The minimum Gasteiger partial charge on any atom is -0.479 e. The van der Waals surface area contributed by atoms with Crippen LogP contribution in [0.1, 0.15) is 31.5 Å². The Morgan fingerprint density at radius 3 is 2.56 bits per heavy atom. The summed E-state index contributed by atoms with van der Waals surface area (Å²) in [6, 6.07) is 0. The second kappa shape index (κ2) is 4.08. The average molecular weight is 281 g/mol. The molecular weight excluding hydrogens is 271 g/mol. The van der Waals surface area contributed by atoms with Crippen LogP contribution in [0.25, 0.3) is 0 Å². The maximum atomic E-state index is 12.7. The highest BCUT2D eigenvalue weighted by molar-refractivity contribution is 7.09. The van der Waals surface area contributed by atoms with Gasteiger partial charge in [-0.3, -0.25) is 0 Å². The molecule has 0 radical (unpaired) electrons. The molecule has 0 aliphatic heterocycles. The average Bonchev–Trinajstić information content (AvgIpc) is 2.98. The van der Waals surface area contributed by atoms with Crippen LogP contribution in [0, 0.1) is 0 Å². The van der Waals surface area contributed by atoms with Crippen molar-refractivity contribution >= 4 is 22.6 Å². The molecule has 1 aliphatic carbocycles. The molecule has 100 valence electrons. The predicted octanol–water partition coefficient (Wildman–Crippen LogP) is 2.23. The van der Waals surface area contributed by atoms with Crippen LogP contribution in [0.4, 0.5) is 18.3 Å². The molecule has 2 N–H and O–H groups in total. The van der Waals surface area contributed by atoms with Crippen molar-refractivity contribution in [1.29, 1.82) is 0 Å². The molecular formula is C9H10F3N3O2S. The second-order valence-corrected chi connectivity index (χ2v) is 5.04. The fourth-order valence-electron chi connectivity index (χ4n) is 1.25. The largest absolute Gasteiger partial charge is 0.479 e. The van der Waals surface area contributed by atoms with E-state index in [0.29, 0.717) is 12.7 Å². The van der Waals surface area contributed by atoms with Gasteiger partial charge in [0.05, 0.1) is 0 Å². The minimum atomic E-state index is -4.93. The van der Waals surface area contributed by atoms with Crippen LogP contribution in [-0.2, 0) is 4.79 Å². The second-order valence-electron chi connectivity index (χ2n) is 4.28. The minimum absolute atomic E-state index is 0.126. The predicted molar refractivity (Wildman–Crippen MR) is 57.6 cm³/mol. The summed E-state index contributed by atoms with van der Waals surface area (Å²) in [6.45, 7) is 0.563. The van der Waals surface area contributed by atoms with Crippen molar-refractivity contribution in [2.24, 2.45) is 0 Å². The van der Waals surface area contributed by atoms with E-state index >= 15 is 0 Å². The number of nitrogens with one attached hydrogen (secondary N) is 1. The van der Waals surface area contributed by atoms with Gasteiger partial charge in [-0.05, 0) is 19.8 Å². The smallest absolute Gasteiger partial charge is 0.422 e. The lowest BCUT2D eigenvalue weighted by Crippen LogP contribution is -2.55. The Labute approximate surface area is 104 Å². The molecule has 1 atom stereocenters. The van der Waals surface area contributed by atoms with Gasteiger partial charge in [0.1, 0.15) is 5.82 Å². The topological polar surface area (TPSA) is 75.1 Å². The quantitative estimate of drug-likeness (QED) is 0.885. The number of rotatable bonds is 4. The number of carboxylic acid groups (broad SMARTS) is 1. The molecule has 1 aliphatic rings. The number of carboxylic acids is 1. The van der Waals surface area contributed by atoms with Crippen LogP contribution >= 0.6 is 11.5 Å². The lowest BCUT2D eigenvalue weighted by Gasteiger charge is -2.27. The molecule has 1 saturated carbocycles. The first-order valence-electron chi connectivity index (χ1n) is 5.16. The highest BCUT2D eigenvalue weighted by Crippen LogP contribution is 2.40. The van der Waals surface area contributed by atoms with Gasteiger partial charge in [0.25, 0.3) is 0 Å². The molecule has 0 saturated heterocycles. The molecule has 0 aromatic carbocycles. The fraction of sp³-hybridized carbons (Fsp3) is 0.667. The Kier molecular flexibility index (Phi) is 2.96. The van der Waals surface area contributed by atoms with Crippen LogP contribution in [0.15, 0.2) is 0 Å². The number of hydrogen-bond acceptors (Lipinski definition) is 5. The van der Waals surface area contributed by atoms with Crippen molar-refractivity contribution in [2.45, 2.75) is 37.4 Å². The summed E-state index contributed by atoms with van der Waals surface area (Å²) < 4.78 is 42.1. The van der Waals surface area contributed by atoms with Gasteiger partial charge in [0.15, 0.2) is 0 Å². The standard InChI is InChI=1S/C9H10F3N3O2S/c1-8(6(16)17,9(10,11)12)14-7-13-5(15-18-7)4-2-3-4/h4H,2-3H2,1H3,(H,16,17)(H,13,14,15). The summed E-state index contributed by atoms with van der Waals surface area (Å²) >= 11 is 0.743. The maximum Gasteiger partial charge on any atom is 0.422 e. The summed E-state index contributed by atoms with van der Waals surface area (Å²) in [5.41, 5.74) is -3.06. The first-order chi connectivity index (χ1) is 8.24. The van der Waals surface area contributed by atoms with E-state index in [1.54, 1.807) is 0 Å². The van der Waals surface area contributed by atoms with Gasteiger partial charge < -0.3 is 10.4 Å². The van der Waals surface area contributed by atoms with E-state index < -0.39 is 17.7 Å². The lowest BCUT2D eigenvalue weighted by atomic mass is 10.0. The third kappa shape index (κ3) is 2.26. The Morgan fingerprint density at radius 1 is 1.50 bits per heavy atom. The zero-order valence-corrected chi connectivity index (χ0v) is 10.1. The molecule has 9 heteroatoms. The molecule has 2 rings (SSSR count). The zero-order chi connectivity index (χ0) is 13.6. The van der Waals surface area contributed by atoms with Crippen molar-refractivity contribution in [1.82, 2.24) is 9.36 Å². The van der Waals surface area contributed by atoms with Gasteiger partial charge >= 0.3 is 12.1 Å². The molecule has 0 bridgehead atoms. The summed E-state index contributed by atoms with van der Waals surface area (Å²) in [5, 5.41) is 10.5. The van der Waals surface area contributed by atoms with Crippen LogP contribution in [0.5, 0.6) is 0 Å². The SMILES string of the molecule is CC(Nc1nc(C2CC2)ns1)(C(=O)O)C(F)(F)F. The zero-order valence-electron chi connectivity index (χ0n) is 9.28. The summed E-state index contributed by atoms with van der Waals surface area (Å²) in [4.78, 5) is 14.7. The molecule has 5 nitrogen and oxygen atoms in total. The number of aliphatic carboxylic acids is 1. The van der Waals surface area contributed by atoms with Crippen LogP contribution in [0.3, 0.4) is 0 Å². The van der Waals surface area contributed by atoms with Crippen molar-refractivity contribution < 1.29 is 23.1 Å². The van der Waals surface area contributed by atoms with E-state index in [2.05, 4.69) is 9.36 Å². The van der Waals surface area contributed by atoms with Gasteiger partial charge in [0.2, 0.25) is 10.7 Å². The first kappa shape index (κ1) is 13.1. The summed E-state index contributed by atoms with van der Waals surface area (Å²) in [7, 11) is 0. The highest BCUT2D eigenvalue weighted by Gasteiger charge is 2.58. The van der Waals surface area contributed by atoms with E-state index in [-0.39, 0.29) is 11.0 Å². The monoisotopic (exact) mass is 281 g/mol. The molecule has 0 amide bonds. The molecule has 1 heterocycles. The van der Waals surface area contributed by atoms with Crippen molar-refractivity contribution in [2.75, 3.05) is 5.32 Å². The number of nitrogens with zero attached hydrogens (tertiary/aromatic N) is 2. The Hall–Kier alpha value is -1.38. The molecule has 0 spiro atoms. The molecule has 1 aromatic rings. The van der Waals surface area contributed by atoms with E-state index in [1.165, 1.54) is 0 Å². The number of carbonyl (C=O) groups is 1. The number of alkyl halides is 3. The van der Waals surface area contributed by atoms with Crippen LogP contribution in [0.2, 0.25) is 0 Å².